The van der Waals surface area contributed by atoms with Crippen LogP contribution in [0, 0.1) is 5.21 Å². The number of carbonyl (C=O) groups excluding carboxylic acids is 1. The van der Waals surface area contributed by atoms with Gasteiger partial charge in [-0.05, 0) is 11.1 Å². The molecule has 1 aromatic heterocycles. The van der Waals surface area contributed by atoms with Gasteiger partial charge in [-0.15, -0.1) is 0 Å². The zero-order chi connectivity index (χ0) is 19.3. The molecule has 2 heterocycles. The van der Waals surface area contributed by atoms with Crippen LogP contribution in [0.3, 0.4) is 0 Å². The van der Waals surface area contributed by atoms with Crippen LogP contribution in [-0.2, 0) is 0 Å². The standard InChI is InChI=1S/C23H23N3O2/c27-23(21-11-13-26(28)14-12-21)25-17-15-24(16-18-25)22(19-7-3-1-4-8-19)20-9-5-2-6-10-20/h1-14,22H,15-18H2. The summed E-state index contributed by atoms with van der Waals surface area (Å²) in [7, 11) is 0. The summed E-state index contributed by atoms with van der Waals surface area (Å²) >= 11 is 0. The van der Waals surface area contributed by atoms with Gasteiger partial charge in [-0.3, -0.25) is 9.69 Å². The summed E-state index contributed by atoms with van der Waals surface area (Å²) < 4.78 is 0.693. The Bertz CT molecular complexity index is 866. The average Bonchev–Trinajstić information content (AvgIpc) is 2.76. The number of pyridine rings is 1. The summed E-state index contributed by atoms with van der Waals surface area (Å²) in [6.07, 6.45) is 2.73. The van der Waals surface area contributed by atoms with Crippen LogP contribution < -0.4 is 4.73 Å². The van der Waals surface area contributed by atoms with Crippen molar-refractivity contribution in [1.82, 2.24) is 9.80 Å². The Morgan fingerprint density at radius 1 is 0.786 bits per heavy atom. The minimum absolute atomic E-state index is 0.0174. The number of amides is 1. The molecule has 0 saturated carbocycles. The largest absolute Gasteiger partial charge is 0.619 e. The Morgan fingerprint density at radius 3 is 1.79 bits per heavy atom. The number of hydrogen-bond acceptors (Lipinski definition) is 3. The second kappa shape index (κ2) is 8.23. The molecule has 0 spiro atoms. The number of rotatable bonds is 4. The third-order valence-corrected chi connectivity index (χ3v) is 5.25. The molecule has 1 aliphatic heterocycles. The molecule has 0 radical (unpaired) electrons. The van der Waals surface area contributed by atoms with Crippen molar-refractivity contribution < 1.29 is 9.52 Å². The van der Waals surface area contributed by atoms with E-state index in [0.717, 1.165) is 13.1 Å². The van der Waals surface area contributed by atoms with Crippen LogP contribution in [-0.4, -0.2) is 41.9 Å². The van der Waals surface area contributed by atoms with Crippen molar-refractivity contribution in [2.24, 2.45) is 0 Å². The smallest absolute Gasteiger partial charge is 0.254 e. The highest BCUT2D eigenvalue weighted by Crippen LogP contribution is 2.29. The third-order valence-electron chi connectivity index (χ3n) is 5.25. The number of piperazine rings is 1. The fourth-order valence-corrected chi connectivity index (χ4v) is 3.81. The number of benzene rings is 2. The van der Waals surface area contributed by atoms with E-state index in [0.29, 0.717) is 23.4 Å². The van der Waals surface area contributed by atoms with Crippen molar-refractivity contribution in [3.8, 4) is 0 Å². The predicted octanol–water partition coefficient (Wildman–Crippen LogP) is 2.87. The molecule has 0 unspecified atom stereocenters. The van der Waals surface area contributed by atoms with Crippen molar-refractivity contribution in [2.45, 2.75) is 6.04 Å². The number of hydrogen-bond donors (Lipinski definition) is 0. The summed E-state index contributed by atoms with van der Waals surface area (Å²) in [5.41, 5.74) is 3.08. The number of carbonyl (C=O) groups is 1. The first-order chi connectivity index (χ1) is 13.7. The van der Waals surface area contributed by atoms with Gasteiger partial charge in [-0.2, -0.15) is 4.73 Å². The minimum Gasteiger partial charge on any atom is -0.619 e. The zero-order valence-corrected chi connectivity index (χ0v) is 15.6. The van der Waals surface area contributed by atoms with Gasteiger partial charge in [-0.1, -0.05) is 60.7 Å². The molecular formula is C23H23N3O2. The number of aromatic nitrogens is 1. The van der Waals surface area contributed by atoms with Gasteiger partial charge < -0.3 is 10.1 Å². The highest BCUT2D eigenvalue weighted by atomic mass is 16.5. The molecule has 1 fully saturated rings. The van der Waals surface area contributed by atoms with Crippen LogP contribution in [0.5, 0.6) is 0 Å². The van der Waals surface area contributed by atoms with Crippen molar-refractivity contribution in [2.75, 3.05) is 26.2 Å². The monoisotopic (exact) mass is 373 g/mol. The summed E-state index contributed by atoms with van der Waals surface area (Å²) in [5, 5.41) is 11.2. The summed E-state index contributed by atoms with van der Waals surface area (Å²) in [4.78, 5) is 17.0. The lowest BCUT2D eigenvalue weighted by atomic mass is 9.96. The molecule has 5 nitrogen and oxygen atoms in total. The highest BCUT2D eigenvalue weighted by Gasteiger charge is 2.28. The van der Waals surface area contributed by atoms with E-state index in [1.165, 1.54) is 23.5 Å². The maximum atomic E-state index is 12.7. The van der Waals surface area contributed by atoms with Crippen LogP contribution in [0.1, 0.15) is 27.5 Å². The van der Waals surface area contributed by atoms with E-state index in [-0.39, 0.29) is 11.9 Å². The van der Waals surface area contributed by atoms with Crippen molar-refractivity contribution in [3.05, 3.63) is 107 Å². The first-order valence-corrected chi connectivity index (χ1v) is 9.54. The first kappa shape index (κ1) is 18.2. The Labute approximate surface area is 165 Å². The van der Waals surface area contributed by atoms with E-state index >= 15 is 0 Å². The van der Waals surface area contributed by atoms with E-state index in [9.17, 15) is 10.0 Å². The lowest BCUT2D eigenvalue weighted by Crippen LogP contribution is -2.50. The molecule has 1 saturated heterocycles. The van der Waals surface area contributed by atoms with Crippen LogP contribution in [0.25, 0.3) is 0 Å². The molecule has 5 heteroatoms. The maximum absolute atomic E-state index is 12.7. The molecule has 1 aliphatic rings. The second-order valence-electron chi connectivity index (χ2n) is 7.00. The van der Waals surface area contributed by atoms with E-state index in [1.807, 2.05) is 17.0 Å². The van der Waals surface area contributed by atoms with Gasteiger partial charge in [0.15, 0.2) is 12.4 Å². The zero-order valence-electron chi connectivity index (χ0n) is 15.6. The molecule has 2 aromatic carbocycles. The van der Waals surface area contributed by atoms with Gasteiger partial charge in [-0.25, -0.2) is 0 Å². The van der Waals surface area contributed by atoms with Crippen LogP contribution in [0.2, 0.25) is 0 Å². The Morgan fingerprint density at radius 2 is 1.29 bits per heavy atom. The van der Waals surface area contributed by atoms with Crippen LogP contribution in [0.4, 0.5) is 0 Å². The van der Waals surface area contributed by atoms with E-state index in [1.54, 1.807) is 12.1 Å². The van der Waals surface area contributed by atoms with Gasteiger partial charge in [0, 0.05) is 38.3 Å². The van der Waals surface area contributed by atoms with E-state index in [4.69, 9.17) is 0 Å². The lowest BCUT2D eigenvalue weighted by molar-refractivity contribution is -0.605. The topological polar surface area (TPSA) is 50.5 Å². The predicted molar refractivity (Wildman–Crippen MR) is 108 cm³/mol. The van der Waals surface area contributed by atoms with Crippen molar-refractivity contribution >= 4 is 5.91 Å². The second-order valence-corrected chi connectivity index (χ2v) is 7.00. The SMILES string of the molecule is O=C(c1cc[n+]([O-])cc1)N1CCN(C(c2ccccc2)c2ccccc2)CC1. The molecule has 1 amide bonds. The Balaban J connectivity index is 1.50. The molecule has 4 rings (SSSR count). The lowest BCUT2D eigenvalue weighted by Gasteiger charge is -2.39. The van der Waals surface area contributed by atoms with E-state index in [2.05, 4.69) is 53.4 Å². The average molecular weight is 373 g/mol. The molecular weight excluding hydrogens is 350 g/mol. The Kier molecular flexibility index (Phi) is 5.35. The van der Waals surface area contributed by atoms with Crippen LogP contribution >= 0.6 is 0 Å². The number of nitrogens with zero attached hydrogens (tertiary/aromatic N) is 3. The Hall–Kier alpha value is -3.18. The first-order valence-electron chi connectivity index (χ1n) is 9.54. The normalized spacial score (nSPS) is 15.0. The van der Waals surface area contributed by atoms with E-state index < -0.39 is 0 Å². The summed E-state index contributed by atoms with van der Waals surface area (Å²) in [6.45, 7) is 2.94. The molecule has 0 bridgehead atoms. The third kappa shape index (κ3) is 3.89. The minimum atomic E-state index is -0.0174. The summed E-state index contributed by atoms with van der Waals surface area (Å²) in [5.74, 6) is -0.0174. The molecule has 0 atom stereocenters. The molecule has 0 N–H and O–H groups in total. The van der Waals surface area contributed by atoms with Crippen molar-refractivity contribution in [1.29, 1.82) is 0 Å². The van der Waals surface area contributed by atoms with Gasteiger partial charge in [0.25, 0.3) is 5.91 Å². The summed E-state index contributed by atoms with van der Waals surface area (Å²) in [6, 6.07) is 24.4. The molecule has 0 aliphatic carbocycles. The van der Waals surface area contributed by atoms with Gasteiger partial charge in [0.2, 0.25) is 0 Å². The molecule has 3 aromatic rings. The van der Waals surface area contributed by atoms with Gasteiger partial charge >= 0.3 is 0 Å². The fraction of sp³-hybridized carbons (Fsp3) is 0.217. The van der Waals surface area contributed by atoms with Gasteiger partial charge in [0.1, 0.15) is 0 Å². The van der Waals surface area contributed by atoms with Crippen molar-refractivity contribution in [3.63, 3.8) is 0 Å². The molecule has 28 heavy (non-hydrogen) atoms. The highest BCUT2D eigenvalue weighted by molar-refractivity contribution is 5.94. The molecule has 142 valence electrons. The van der Waals surface area contributed by atoms with Crippen LogP contribution in [0.15, 0.2) is 85.2 Å². The van der Waals surface area contributed by atoms with Gasteiger partial charge in [0.05, 0.1) is 11.6 Å². The maximum Gasteiger partial charge on any atom is 0.254 e. The quantitative estimate of drug-likeness (QED) is 0.522. The fourth-order valence-electron chi connectivity index (χ4n) is 3.81.